The van der Waals surface area contributed by atoms with Crippen LogP contribution in [0.3, 0.4) is 0 Å². The van der Waals surface area contributed by atoms with Gasteiger partial charge < -0.3 is 4.74 Å². The number of anilines is 1. The summed E-state index contributed by atoms with van der Waals surface area (Å²) in [6, 6.07) is 19.7. The average Bonchev–Trinajstić information content (AvgIpc) is 3.09. The molecule has 0 saturated carbocycles. The Morgan fingerprint density at radius 3 is 2.52 bits per heavy atom. The van der Waals surface area contributed by atoms with Gasteiger partial charge in [0.1, 0.15) is 12.4 Å². The number of aromatic nitrogens is 1. The predicted molar refractivity (Wildman–Crippen MR) is 111 cm³/mol. The molecule has 0 bridgehead atoms. The fraction of sp³-hybridized carbons (Fsp3) is 0.0417. The summed E-state index contributed by atoms with van der Waals surface area (Å²) in [4.78, 5) is 30.7. The minimum Gasteiger partial charge on any atom is -0.488 e. The smallest absolute Gasteiger partial charge is 0.258 e. The van der Waals surface area contributed by atoms with Crippen molar-refractivity contribution in [2.24, 2.45) is 0 Å². The normalized spacial score (nSPS) is 15.0. The van der Waals surface area contributed by atoms with Crippen molar-refractivity contribution in [3.8, 4) is 17.0 Å². The average molecular weight is 378 g/mol. The first-order chi connectivity index (χ1) is 14.2. The molecule has 0 atom stereocenters. The number of amides is 2. The van der Waals surface area contributed by atoms with Gasteiger partial charge in [0.05, 0.1) is 22.5 Å². The van der Waals surface area contributed by atoms with Gasteiger partial charge in [0.15, 0.2) is 0 Å². The third kappa shape index (κ3) is 2.24. The van der Waals surface area contributed by atoms with E-state index in [1.165, 1.54) is 17.1 Å². The van der Waals surface area contributed by atoms with Crippen molar-refractivity contribution in [3.63, 3.8) is 0 Å². The Labute approximate surface area is 165 Å². The fourth-order valence-electron chi connectivity index (χ4n) is 4.14. The van der Waals surface area contributed by atoms with Crippen molar-refractivity contribution in [1.82, 2.24) is 4.98 Å². The number of carbonyl (C=O) groups is 2. The van der Waals surface area contributed by atoms with E-state index in [0.717, 1.165) is 38.7 Å². The number of pyridine rings is 1. The molecule has 138 valence electrons. The van der Waals surface area contributed by atoms with E-state index < -0.39 is 0 Å². The molecule has 5 heteroatoms. The van der Waals surface area contributed by atoms with E-state index in [-0.39, 0.29) is 11.8 Å². The second-order valence-electron chi connectivity index (χ2n) is 7.14. The van der Waals surface area contributed by atoms with Crippen LogP contribution >= 0.6 is 0 Å². The van der Waals surface area contributed by atoms with Gasteiger partial charge in [-0.05, 0) is 29.0 Å². The third-order valence-corrected chi connectivity index (χ3v) is 5.46. The first-order valence-corrected chi connectivity index (χ1v) is 9.34. The summed E-state index contributed by atoms with van der Waals surface area (Å²) in [7, 11) is 0. The Hall–Kier alpha value is -3.99. The molecule has 0 unspecified atom stereocenters. The number of rotatable bonds is 1. The van der Waals surface area contributed by atoms with E-state index in [9.17, 15) is 9.59 Å². The van der Waals surface area contributed by atoms with Crippen molar-refractivity contribution < 1.29 is 14.3 Å². The zero-order valence-electron chi connectivity index (χ0n) is 15.3. The lowest BCUT2D eigenvalue weighted by atomic mass is 9.95. The Morgan fingerprint density at radius 1 is 0.862 bits per heavy atom. The first kappa shape index (κ1) is 16.0. The summed E-state index contributed by atoms with van der Waals surface area (Å²) < 4.78 is 6.00. The molecule has 2 aliphatic rings. The summed E-state index contributed by atoms with van der Waals surface area (Å²) in [5, 5.41) is 3.03. The Kier molecular flexibility index (Phi) is 3.18. The van der Waals surface area contributed by atoms with E-state index in [0.29, 0.717) is 17.8 Å². The number of carbonyl (C=O) groups excluding carboxylic acids is 2. The maximum atomic E-state index is 12.3. The highest BCUT2D eigenvalue weighted by atomic mass is 16.5. The van der Waals surface area contributed by atoms with E-state index in [2.05, 4.69) is 12.1 Å². The molecule has 3 heterocycles. The van der Waals surface area contributed by atoms with E-state index in [4.69, 9.17) is 9.72 Å². The summed E-state index contributed by atoms with van der Waals surface area (Å²) in [5.74, 6) is 0.0860. The fourth-order valence-corrected chi connectivity index (χ4v) is 4.14. The monoisotopic (exact) mass is 378 g/mol. The lowest BCUT2D eigenvalue weighted by molar-refractivity contribution is -0.119. The van der Waals surface area contributed by atoms with Crippen molar-refractivity contribution in [1.29, 1.82) is 0 Å². The van der Waals surface area contributed by atoms with Crippen molar-refractivity contribution in [2.45, 2.75) is 6.61 Å². The number of fused-ring (bicyclic) bond motifs is 6. The highest BCUT2D eigenvalue weighted by Crippen LogP contribution is 2.43. The van der Waals surface area contributed by atoms with Gasteiger partial charge in [0.25, 0.3) is 11.8 Å². The quantitative estimate of drug-likeness (QED) is 0.461. The van der Waals surface area contributed by atoms with Crippen LogP contribution in [-0.4, -0.2) is 16.8 Å². The highest BCUT2D eigenvalue weighted by molar-refractivity contribution is 6.30. The molecule has 4 aromatic rings. The van der Waals surface area contributed by atoms with Gasteiger partial charge in [-0.25, -0.2) is 9.88 Å². The van der Waals surface area contributed by atoms with Gasteiger partial charge in [-0.2, -0.15) is 0 Å². The molecule has 0 N–H and O–H groups in total. The molecule has 2 aliphatic heterocycles. The Balaban J connectivity index is 1.67. The molecule has 29 heavy (non-hydrogen) atoms. The molecule has 0 radical (unpaired) electrons. The SMILES string of the molecule is O=C1C=CC(=O)N1c1cccc2cc3c(nc12)-c1c(ccc2ccccc12)OC3. The van der Waals surface area contributed by atoms with Crippen LogP contribution in [0.4, 0.5) is 5.69 Å². The topological polar surface area (TPSA) is 59.5 Å². The second-order valence-corrected chi connectivity index (χ2v) is 7.14. The number of hydrogen-bond acceptors (Lipinski definition) is 4. The maximum absolute atomic E-state index is 12.3. The standard InChI is InChI=1S/C24H14N2O3/c27-20-10-11-21(28)26(20)18-7-3-5-15-12-16-13-29-19-9-8-14-4-1-2-6-17(14)22(19)24(16)25-23(15)18/h1-12H,13H2. The van der Waals surface area contributed by atoms with Gasteiger partial charge >= 0.3 is 0 Å². The first-order valence-electron chi connectivity index (χ1n) is 9.34. The molecule has 0 aliphatic carbocycles. The van der Waals surface area contributed by atoms with Crippen molar-refractivity contribution in [3.05, 3.63) is 78.4 Å². The van der Waals surface area contributed by atoms with Crippen LogP contribution in [-0.2, 0) is 16.2 Å². The van der Waals surface area contributed by atoms with Crippen LogP contribution in [0, 0.1) is 0 Å². The molecular weight excluding hydrogens is 364 g/mol. The number of benzene rings is 3. The largest absolute Gasteiger partial charge is 0.488 e. The van der Waals surface area contributed by atoms with Gasteiger partial charge in [0, 0.05) is 23.1 Å². The molecule has 1 aromatic heterocycles. The zero-order valence-corrected chi connectivity index (χ0v) is 15.3. The van der Waals surface area contributed by atoms with Gasteiger partial charge in [-0.15, -0.1) is 0 Å². The molecule has 0 saturated heterocycles. The lowest BCUT2D eigenvalue weighted by Gasteiger charge is -2.23. The summed E-state index contributed by atoms with van der Waals surface area (Å²) in [6.45, 7) is 0.428. The second kappa shape index (κ2) is 5.75. The van der Waals surface area contributed by atoms with Gasteiger partial charge in [-0.3, -0.25) is 9.59 Å². The maximum Gasteiger partial charge on any atom is 0.258 e. The third-order valence-electron chi connectivity index (χ3n) is 5.46. The van der Waals surface area contributed by atoms with Crippen LogP contribution in [0.5, 0.6) is 5.75 Å². The minimum absolute atomic E-state index is 0.351. The molecular formula is C24H14N2O3. The van der Waals surface area contributed by atoms with Crippen molar-refractivity contribution in [2.75, 3.05) is 4.90 Å². The Bertz CT molecular complexity index is 1390. The highest BCUT2D eigenvalue weighted by Gasteiger charge is 2.28. The predicted octanol–water partition coefficient (Wildman–Crippen LogP) is 4.38. The molecule has 5 nitrogen and oxygen atoms in total. The number of imide groups is 1. The molecule has 0 spiro atoms. The number of ether oxygens (including phenoxy) is 1. The van der Waals surface area contributed by atoms with E-state index in [1.807, 2.05) is 42.5 Å². The van der Waals surface area contributed by atoms with Crippen LogP contribution in [0.15, 0.2) is 72.8 Å². The molecule has 2 amide bonds. The summed E-state index contributed by atoms with van der Waals surface area (Å²) >= 11 is 0. The number of nitrogens with zero attached hydrogens (tertiary/aromatic N) is 2. The van der Waals surface area contributed by atoms with E-state index >= 15 is 0 Å². The minimum atomic E-state index is -0.351. The summed E-state index contributed by atoms with van der Waals surface area (Å²) in [6.07, 6.45) is 2.58. The Morgan fingerprint density at radius 2 is 1.66 bits per heavy atom. The summed E-state index contributed by atoms with van der Waals surface area (Å²) in [5.41, 5.74) is 3.88. The van der Waals surface area contributed by atoms with Crippen molar-refractivity contribution >= 4 is 39.2 Å². The molecule has 3 aromatic carbocycles. The van der Waals surface area contributed by atoms with Gasteiger partial charge in [-0.1, -0.05) is 42.5 Å². The van der Waals surface area contributed by atoms with Crippen LogP contribution in [0.1, 0.15) is 5.56 Å². The zero-order chi connectivity index (χ0) is 19.5. The van der Waals surface area contributed by atoms with Gasteiger partial charge in [0.2, 0.25) is 0 Å². The van der Waals surface area contributed by atoms with Crippen LogP contribution < -0.4 is 9.64 Å². The van der Waals surface area contributed by atoms with Crippen LogP contribution in [0.25, 0.3) is 32.9 Å². The van der Waals surface area contributed by atoms with Crippen LogP contribution in [0.2, 0.25) is 0 Å². The molecule has 0 fully saturated rings. The number of hydrogen-bond donors (Lipinski definition) is 0. The lowest BCUT2D eigenvalue weighted by Crippen LogP contribution is -2.29. The number of para-hydroxylation sites is 1. The molecule has 6 rings (SSSR count). The van der Waals surface area contributed by atoms with E-state index in [1.54, 1.807) is 6.07 Å².